The highest BCUT2D eigenvalue weighted by molar-refractivity contribution is 5.96. The van der Waals surface area contributed by atoms with E-state index < -0.39 is 6.09 Å². The van der Waals surface area contributed by atoms with Crippen molar-refractivity contribution in [1.82, 2.24) is 4.90 Å². The van der Waals surface area contributed by atoms with Crippen LogP contribution in [0.2, 0.25) is 0 Å². The van der Waals surface area contributed by atoms with Crippen LogP contribution in [0.5, 0.6) is 0 Å². The zero-order valence-electron chi connectivity index (χ0n) is 12.0. The molecule has 2 amide bonds. The van der Waals surface area contributed by atoms with E-state index >= 15 is 0 Å². The Kier molecular flexibility index (Phi) is 2.85. The summed E-state index contributed by atoms with van der Waals surface area (Å²) in [6.45, 7) is 5.97. The molecule has 0 aromatic heterocycles. The van der Waals surface area contributed by atoms with Crippen LogP contribution in [0.1, 0.15) is 38.9 Å². The predicted molar refractivity (Wildman–Crippen MR) is 73.9 cm³/mol. The Balaban J connectivity index is 1.81. The Morgan fingerprint density at radius 3 is 2.45 bits per heavy atom. The summed E-state index contributed by atoms with van der Waals surface area (Å²) >= 11 is 0. The van der Waals surface area contributed by atoms with Crippen molar-refractivity contribution < 1.29 is 14.3 Å². The number of hydrogen-bond acceptors (Lipinski definition) is 3. The molecule has 1 saturated heterocycles. The largest absolute Gasteiger partial charge is 0.439 e. The summed E-state index contributed by atoms with van der Waals surface area (Å²) in [4.78, 5) is 25.8. The molecule has 0 unspecified atom stereocenters. The predicted octanol–water partition coefficient (Wildman–Crippen LogP) is 3.14. The van der Waals surface area contributed by atoms with Crippen LogP contribution in [-0.2, 0) is 9.53 Å². The summed E-state index contributed by atoms with van der Waals surface area (Å²) in [6.07, 6.45) is -0.0354. The second-order valence-corrected chi connectivity index (χ2v) is 6.41. The number of imide groups is 1. The summed E-state index contributed by atoms with van der Waals surface area (Å²) in [5.74, 6) is -0.141. The van der Waals surface area contributed by atoms with Gasteiger partial charge in [-0.1, -0.05) is 44.2 Å². The van der Waals surface area contributed by atoms with Gasteiger partial charge >= 0.3 is 6.09 Å². The van der Waals surface area contributed by atoms with E-state index in [0.717, 1.165) is 12.0 Å². The molecule has 3 rings (SSSR count). The van der Waals surface area contributed by atoms with Crippen molar-refractivity contribution >= 4 is 12.0 Å². The van der Waals surface area contributed by atoms with Gasteiger partial charge in [-0.3, -0.25) is 4.79 Å². The van der Waals surface area contributed by atoms with Crippen molar-refractivity contribution in [2.45, 2.75) is 39.3 Å². The molecule has 4 heteroatoms. The van der Waals surface area contributed by atoms with Crippen molar-refractivity contribution in [2.75, 3.05) is 0 Å². The fourth-order valence-corrected chi connectivity index (χ4v) is 2.90. The van der Waals surface area contributed by atoms with E-state index in [1.54, 1.807) is 0 Å². The van der Waals surface area contributed by atoms with Gasteiger partial charge in [-0.25, -0.2) is 9.69 Å². The summed E-state index contributed by atoms with van der Waals surface area (Å²) in [5.41, 5.74) is 0.945. The summed E-state index contributed by atoms with van der Waals surface area (Å²) < 4.78 is 5.41. The van der Waals surface area contributed by atoms with Crippen molar-refractivity contribution in [3.63, 3.8) is 0 Å². The molecule has 0 radical (unpaired) electrons. The van der Waals surface area contributed by atoms with Crippen LogP contribution in [0.4, 0.5) is 4.79 Å². The van der Waals surface area contributed by atoms with Crippen LogP contribution in [0, 0.1) is 11.3 Å². The fraction of sp³-hybridized carbons (Fsp3) is 0.500. The maximum atomic E-state index is 12.4. The van der Waals surface area contributed by atoms with Crippen LogP contribution in [0.15, 0.2) is 30.3 Å². The van der Waals surface area contributed by atoms with Crippen molar-refractivity contribution in [1.29, 1.82) is 0 Å². The van der Waals surface area contributed by atoms with E-state index in [1.807, 2.05) is 37.3 Å². The first kappa shape index (κ1) is 13.2. The molecule has 1 aromatic rings. The van der Waals surface area contributed by atoms with Gasteiger partial charge in [-0.15, -0.1) is 0 Å². The van der Waals surface area contributed by atoms with Crippen LogP contribution < -0.4 is 0 Å². The molecule has 2 fully saturated rings. The first-order chi connectivity index (χ1) is 9.42. The van der Waals surface area contributed by atoms with Gasteiger partial charge in [0.15, 0.2) is 0 Å². The molecule has 20 heavy (non-hydrogen) atoms. The van der Waals surface area contributed by atoms with Gasteiger partial charge in [-0.05, 0) is 24.3 Å². The smallest absolute Gasteiger partial charge is 0.417 e. The molecule has 1 heterocycles. The zero-order valence-corrected chi connectivity index (χ0v) is 12.0. The molecule has 4 nitrogen and oxygen atoms in total. The molecule has 1 aliphatic carbocycles. The maximum absolute atomic E-state index is 12.4. The van der Waals surface area contributed by atoms with Gasteiger partial charge < -0.3 is 4.74 Å². The highest BCUT2D eigenvalue weighted by Crippen LogP contribution is 2.53. The van der Waals surface area contributed by atoms with Crippen molar-refractivity contribution in [2.24, 2.45) is 11.3 Å². The third-order valence-electron chi connectivity index (χ3n) is 4.45. The van der Waals surface area contributed by atoms with E-state index in [4.69, 9.17) is 4.74 Å². The highest BCUT2D eigenvalue weighted by Gasteiger charge is 2.56. The van der Waals surface area contributed by atoms with Crippen LogP contribution in [0.25, 0.3) is 0 Å². The maximum Gasteiger partial charge on any atom is 0.417 e. The number of ether oxygens (including phenoxy) is 1. The minimum absolute atomic E-state index is 0.0158. The topological polar surface area (TPSA) is 46.6 Å². The lowest BCUT2D eigenvalue weighted by atomic mass is 10.0. The number of hydrogen-bond donors (Lipinski definition) is 0. The third-order valence-corrected chi connectivity index (χ3v) is 4.45. The number of nitrogens with zero attached hydrogens (tertiary/aromatic N) is 1. The lowest BCUT2D eigenvalue weighted by Crippen LogP contribution is -2.39. The Morgan fingerprint density at radius 1 is 1.30 bits per heavy atom. The monoisotopic (exact) mass is 273 g/mol. The normalized spacial score (nSPS) is 31.1. The second kappa shape index (κ2) is 4.33. The Labute approximate surface area is 118 Å². The van der Waals surface area contributed by atoms with Gasteiger partial charge in [0, 0.05) is 5.92 Å². The fourth-order valence-electron chi connectivity index (χ4n) is 2.90. The first-order valence-electron chi connectivity index (χ1n) is 7.00. The Bertz CT molecular complexity index is 552. The van der Waals surface area contributed by atoms with Gasteiger partial charge in [0.25, 0.3) is 0 Å². The number of carbonyl (C=O) groups is 2. The lowest BCUT2D eigenvalue weighted by molar-refractivity contribution is -0.131. The van der Waals surface area contributed by atoms with Crippen molar-refractivity contribution in [3.8, 4) is 0 Å². The number of amides is 2. The average Bonchev–Trinajstić information content (AvgIpc) is 2.95. The molecule has 2 aliphatic rings. The lowest BCUT2D eigenvalue weighted by Gasteiger charge is -2.20. The quantitative estimate of drug-likeness (QED) is 0.831. The number of carbonyl (C=O) groups excluding carboxylic acids is 2. The van der Waals surface area contributed by atoms with Gasteiger partial charge in [0.05, 0.1) is 6.04 Å². The molecule has 0 spiro atoms. The molecule has 0 N–H and O–H groups in total. The molecule has 1 saturated carbocycles. The first-order valence-corrected chi connectivity index (χ1v) is 7.00. The van der Waals surface area contributed by atoms with Crippen LogP contribution >= 0.6 is 0 Å². The minimum atomic E-state index is -0.515. The molecule has 0 bridgehead atoms. The van der Waals surface area contributed by atoms with E-state index in [9.17, 15) is 9.59 Å². The number of rotatable bonds is 2. The Morgan fingerprint density at radius 2 is 1.90 bits per heavy atom. The van der Waals surface area contributed by atoms with Crippen molar-refractivity contribution in [3.05, 3.63) is 35.9 Å². The van der Waals surface area contributed by atoms with Gasteiger partial charge in [-0.2, -0.15) is 0 Å². The minimum Gasteiger partial charge on any atom is -0.439 e. The summed E-state index contributed by atoms with van der Waals surface area (Å²) in [5, 5.41) is 0. The Hall–Kier alpha value is -1.84. The molecular weight excluding hydrogens is 254 g/mol. The molecular formula is C16H19NO3. The number of benzene rings is 1. The van der Waals surface area contributed by atoms with E-state index in [-0.39, 0.29) is 29.4 Å². The molecule has 1 aromatic carbocycles. The summed E-state index contributed by atoms with van der Waals surface area (Å²) in [7, 11) is 0. The highest BCUT2D eigenvalue weighted by atomic mass is 16.6. The SMILES string of the molecule is C[C@H]1[C@@H](c2ccccc2)OC(=O)N1C(=O)[C@H]1CC1(C)C. The molecule has 1 aliphatic heterocycles. The summed E-state index contributed by atoms with van der Waals surface area (Å²) in [6, 6.07) is 9.32. The molecule has 3 atom stereocenters. The van der Waals surface area contributed by atoms with E-state index in [1.165, 1.54) is 4.90 Å². The molecule has 106 valence electrons. The zero-order chi connectivity index (χ0) is 14.5. The van der Waals surface area contributed by atoms with Gasteiger partial charge in [0.1, 0.15) is 6.10 Å². The van der Waals surface area contributed by atoms with E-state index in [2.05, 4.69) is 13.8 Å². The van der Waals surface area contributed by atoms with Crippen LogP contribution in [-0.4, -0.2) is 22.9 Å². The standard InChI is InChI=1S/C16H19NO3/c1-10-13(11-7-5-4-6-8-11)20-15(19)17(10)14(18)12-9-16(12,2)3/h4-8,10,12-13H,9H2,1-3H3/t10-,12+,13-/m0/s1. The third kappa shape index (κ3) is 1.99. The number of cyclic esters (lactones) is 1. The van der Waals surface area contributed by atoms with E-state index in [0.29, 0.717) is 0 Å². The van der Waals surface area contributed by atoms with Gasteiger partial charge in [0.2, 0.25) is 5.91 Å². The van der Waals surface area contributed by atoms with Crippen LogP contribution in [0.3, 0.4) is 0 Å². The second-order valence-electron chi connectivity index (χ2n) is 6.41. The average molecular weight is 273 g/mol.